The van der Waals surface area contributed by atoms with E-state index < -0.39 is 34.7 Å². The van der Waals surface area contributed by atoms with Crippen molar-refractivity contribution in [2.75, 3.05) is 25.1 Å². The van der Waals surface area contributed by atoms with E-state index in [1.54, 1.807) is 6.07 Å². The van der Waals surface area contributed by atoms with E-state index in [1.807, 2.05) is 26.0 Å². The molecule has 0 fully saturated rings. The molecular weight excluding hydrogens is 429 g/mol. The van der Waals surface area contributed by atoms with Gasteiger partial charge in [0.1, 0.15) is 5.75 Å². The smallest absolute Gasteiger partial charge is 0.416 e. The zero-order valence-corrected chi connectivity index (χ0v) is 17.8. The van der Waals surface area contributed by atoms with Crippen LogP contribution < -0.4 is 15.1 Å². The Bertz CT molecular complexity index is 1010. The molecule has 0 radical (unpaired) electrons. The fourth-order valence-electron chi connectivity index (χ4n) is 3.04. The molecule has 32 heavy (non-hydrogen) atoms. The van der Waals surface area contributed by atoms with Gasteiger partial charge in [0.15, 0.2) is 0 Å². The summed E-state index contributed by atoms with van der Waals surface area (Å²) in [6.45, 7) is 5.70. The van der Waals surface area contributed by atoms with Crippen molar-refractivity contribution in [1.82, 2.24) is 5.43 Å². The van der Waals surface area contributed by atoms with Gasteiger partial charge in [0.2, 0.25) is 5.91 Å². The first-order chi connectivity index (χ1) is 15.1. The second-order valence-electron chi connectivity index (χ2n) is 6.67. The van der Waals surface area contributed by atoms with Crippen molar-refractivity contribution in [2.24, 2.45) is 5.10 Å². The molecule has 0 spiro atoms. The van der Waals surface area contributed by atoms with Crippen LogP contribution in [0.5, 0.6) is 5.75 Å². The number of nitrogens with zero attached hydrogens (tertiary/aromatic N) is 3. The van der Waals surface area contributed by atoms with E-state index in [1.165, 1.54) is 13.3 Å². The highest BCUT2D eigenvalue weighted by atomic mass is 19.4. The fourth-order valence-corrected chi connectivity index (χ4v) is 3.04. The van der Waals surface area contributed by atoms with Crippen molar-refractivity contribution in [1.29, 1.82) is 0 Å². The molecule has 0 bridgehead atoms. The molecule has 11 heteroatoms. The molecule has 1 N–H and O–H groups in total. The molecule has 0 saturated heterocycles. The number of alkyl halides is 3. The van der Waals surface area contributed by atoms with E-state index in [0.717, 1.165) is 24.8 Å². The monoisotopic (exact) mass is 452 g/mol. The number of halogens is 3. The molecule has 0 aliphatic carbocycles. The van der Waals surface area contributed by atoms with Crippen LogP contribution in [0, 0.1) is 10.1 Å². The maximum absolute atomic E-state index is 12.8. The first-order valence-corrected chi connectivity index (χ1v) is 9.70. The number of amides is 1. The Kier molecular flexibility index (Phi) is 8.16. The molecule has 0 aliphatic rings. The van der Waals surface area contributed by atoms with Gasteiger partial charge in [-0.15, -0.1) is 0 Å². The predicted octanol–water partition coefficient (Wildman–Crippen LogP) is 4.16. The average molecular weight is 452 g/mol. The third-order valence-electron chi connectivity index (χ3n) is 4.70. The number of hydrogen-bond donors (Lipinski definition) is 1. The fraction of sp³-hybridized carbons (Fsp3) is 0.333. The van der Waals surface area contributed by atoms with Crippen LogP contribution in [0.25, 0.3) is 0 Å². The molecule has 0 aliphatic heterocycles. The van der Waals surface area contributed by atoms with E-state index in [-0.39, 0.29) is 5.56 Å². The first kappa shape index (κ1) is 24.6. The van der Waals surface area contributed by atoms with Crippen molar-refractivity contribution in [3.05, 3.63) is 63.2 Å². The molecule has 1 amide bonds. The number of methoxy groups -OCH3 is 1. The highest BCUT2D eigenvalue weighted by Crippen LogP contribution is 2.33. The lowest BCUT2D eigenvalue weighted by Gasteiger charge is -2.21. The number of ether oxygens (including phenoxy) is 1. The Labute approximate surface area is 182 Å². The summed E-state index contributed by atoms with van der Waals surface area (Å²) < 4.78 is 43.7. The van der Waals surface area contributed by atoms with Crippen LogP contribution in [-0.2, 0) is 17.4 Å². The number of hydrazone groups is 1. The number of anilines is 1. The lowest BCUT2D eigenvalue weighted by atomic mass is 10.1. The number of rotatable bonds is 9. The van der Waals surface area contributed by atoms with Gasteiger partial charge in [0, 0.05) is 42.0 Å². The highest BCUT2D eigenvalue weighted by Gasteiger charge is 2.33. The van der Waals surface area contributed by atoms with Gasteiger partial charge in [-0.3, -0.25) is 14.9 Å². The Hall–Kier alpha value is -3.63. The summed E-state index contributed by atoms with van der Waals surface area (Å²) in [7, 11) is 1.50. The molecule has 0 saturated carbocycles. The van der Waals surface area contributed by atoms with Crippen molar-refractivity contribution in [2.45, 2.75) is 26.4 Å². The first-order valence-electron chi connectivity index (χ1n) is 9.70. The normalized spacial score (nSPS) is 11.4. The van der Waals surface area contributed by atoms with E-state index in [2.05, 4.69) is 15.4 Å². The van der Waals surface area contributed by atoms with Crippen LogP contribution in [0.1, 0.15) is 30.5 Å². The topological polar surface area (TPSA) is 97.1 Å². The Morgan fingerprint density at radius 3 is 2.47 bits per heavy atom. The molecule has 8 nitrogen and oxygen atoms in total. The summed E-state index contributed by atoms with van der Waals surface area (Å²) in [5.41, 5.74) is 1.67. The van der Waals surface area contributed by atoms with Crippen molar-refractivity contribution < 1.29 is 27.6 Å². The maximum atomic E-state index is 12.8. The van der Waals surface area contributed by atoms with E-state index in [0.29, 0.717) is 23.4 Å². The zero-order chi connectivity index (χ0) is 23.9. The van der Waals surface area contributed by atoms with Crippen molar-refractivity contribution in [3.63, 3.8) is 0 Å². The lowest BCUT2D eigenvalue weighted by Crippen LogP contribution is -2.22. The minimum absolute atomic E-state index is 0.156. The van der Waals surface area contributed by atoms with Gasteiger partial charge in [-0.05, 0) is 32.0 Å². The molecule has 0 atom stereocenters. The largest absolute Gasteiger partial charge is 0.496 e. The minimum Gasteiger partial charge on any atom is -0.496 e. The van der Waals surface area contributed by atoms with Crippen LogP contribution in [0.2, 0.25) is 0 Å². The number of benzene rings is 2. The SMILES string of the molecule is CCN(CC)c1ccc(/C=N\NC(=O)Cc2ccc(C(F)(F)F)cc2[N+](=O)[O-])c(OC)c1. The van der Waals surface area contributed by atoms with Crippen LogP contribution in [-0.4, -0.2) is 37.2 Å². The third kappa shape index (κ3) is 6.19. The van der Waals surface area contributed by atoms with E-state index in [4.69, 9.17) is 4.74 Å². The van der Waals surface area contributed by atoms with Gasteiger partial charge in [-0.25, -0.2) is 5.43 Å². The molecule has 0 aromatic heterocycles. The number of nitro groups is 1. The summed E-state index contributed by atoms with van der Waals surface area (Å²) in [6.07, 6.45) is -3.89. The summed E-state index contributed by atoms with van der Waals surface area (Å²) in [6, 6.07) is 7.50. The quantitative estimate of drug-likeness (QED) is 0.350. The Morgan fingerprint density at radius 2 is 1.91 bits per heavy atom. The van der Waals surface area contributed by atoms with Gasteiger partial charge in [0.25, 0.3) is 5.69 Å². The maximum Gasteiger partial charge on any atom is 0.416 e. The van der Waals surface area contributed by atoms with Crippen LogP contribution in [0.4, 0.5) is 24.5 Å². The molecular formula is C21H23F3N4O4. The second-order valence-corrected chi connectivity index (χ2v) is 6.67. The number of nitrogens with one attached hydrogen (secondary N) is 1. The summed E-state index contributed by atoms with van der Waals surface area (Å²) >= 11 is 0. The number of carbonyl (C=O) groups is 1. The standard InChI is InChI=1S/C21H23F3N4O4/c1-4-27(5-2)17-9-7-15(19(12-17)32-3)13-25-26-20(29)10-14-6-8-16(21(22,23)24)11-18(14)28(30)31/h6-9,11-13H,4-5,10H2,1-3H3,(H,26,29)/b25-13-. The van der Waals surface area contributed by atoms with Crippen molar-refractivity contribution >= 4 is 23.5 Å². The van der Waals surface area contributed by atoms with E-state index in [9.17, 15) is 28.1 Å². The molecule has 2 aromatic carbocycles. The van der Waals surface area contributed by atoms with Crippen LogP contribution in [0.3, 0.4) is 0 Å². The molecule has 0 heterocycles. The minimum atomic E-state index is -4.73. The molecule has 0 unspecified atom stereocenters. The summed E-state index contributed by atoms with van der Waals surface area (Å²) in [5.74, 6) is -0.186. The van der Waals surface area contributed by atoms with Crippen LogP contribution >= 0.6 is 0 Å². The van der Waals surface area contributed by atoms with Gasteiger partial charge in [-0.1, -0.05) is 6.07 Å². The van der Waals surface area contributed by atoms with Gasteiger partial charge < -0.3 is 9.64 Å². The van der Waals surface area contributed by atoms with Gasteiger partial charge in [0.05, 0.1) is 30.2 Å². The highest BCUT2D eigenvalue weighted by molar-refractivity contribution is 5.86. The number of hydrogen-bond acceptors (Lipinski definition) is 6. The Morgan fingerprint density at radius 1 is 1.22 bits per heavy atom. The Balaban J connectivity index is 2.12. The van der Waals surface area contributed by atoms with Crippen LogP contribution in [0.15, 0.2) is 41.5 Å². The zero-order valence-electron chi connectivity index (χ0n) is 17.8. The molecule has 172 valence electrons. The van der Waals surface area contributed by atoms with Crippen molar-refractivity contribution in [3.8, 4) is 5.75 Å². The third-order valence-corrected chi connectivity index (χ3v) is 4.70. The predicted molar refractivity (Wildman–Crippen MR) is 114 cm³/mol. The van der Waals surface area contributed by atoms with Gasteiger partial charge in [-0.2, -0.15) is 18.3 Å². The second kappa shape index (κ2) is 10.6. The molecule has 2 rings (SSSR count). The lowest BCUT2D eigenvalue weighted by molar-refractivity contribution is -0.385. The van der Waals surface area contributed by atoms with E-state index >= 15 is 0 Å². The summed E-state index contributed by atoms with van der Waals surface area (Å²) in [5, 5.41) is 15.0. The summed E-state index contributed by atoms with van der Waals surface area (Å²) in [4.78, 5) is 24.4. The average Bonchev–Trinajstić information content (AvgIpc) is 2.74. The number of nitro benzene ring substituents is 1. The van der Waals surface area contributed by atoms with Gasteiger partial charge >= 0.3 is 6.18 Å². The number of carbonyl (C=O) groups excluding carboxylic acids is 1. The molecule has 2 aromatic rings.